The van der Waals surface area contributed by atoms with Crippen molar-refractivity contribution < 1.29 is 22.4 Å². The minimum Gasteiger partial charge on any atom is -0.366 e. The van der Waals surface area contributed by atoms with Gasteiger partial charge in [0, 0.05) is 21.9 Å². The molecular formula is C22H15F4N2O. The smallest absolute Gasteiger partial charge is 0.366 e. The molecule has 0 saturated carbocycles. The first kappa shape index (κ1) is 19.0. The number of benzene rings is 3. The van der Waals surface area contributed by atoms with Crippen molar-refractivity contribution in [2.45, 2.75) is 19.6 Å². The summed E-state index contributed by atoms with van der Waals surface area (Å²) in [6.07, 6.45) is -4.62. The molecule has 0 fully saturated rings. The molecule has 0 spiro atoms. The lowest BCUT2D eigenvalue weighted by molar-refractivity contribution is -0.137. The maximum absolute atomic E-state index is 14.5. The normalized spacial score (nSPS) is 12.0. The summed E-state index contributed by atoms with van der Waals surface area (Å²) in [7, 11) is 0. The van der Waals surface area contributed by atoms with Gasteiger partial charge in [-0.1, -0.05) is 18.2 Å². The molecule has 0 aliphatic heterocycles. The van der Waals surface area contributed by atoms with Crippen LogP contribution >= 0.6 is 0 Å². The van der Waals surface area contributed by atoms with Crippen LogP contribution in [0.4, 0.5) is 17.6 Å². The summed E-state index contributed by atoms with van der Waals surface area (Å²) in [4.78, 5) is 11.9. The van der Waals surface area contributed by atoms with Gasteiger partial charge < -0.3 is 10.3 Å². The number of fused-ring (bicyclic) bond motifs is 3. The largest absolute Gasteiger partial charge is 0.416 e. The molecular weight excluding hydrogens is 384 g/mol. The van der Waals surface area contributed by atoms with E-state index in [1.165, 1.54) is 0 Å². The second-order valence-electron chi connectivity index (χ2n) is 6.89. The lowest BCUT2D eigenvalue weighted by atomic mass is 10.1. The topological polar surface area (TPSA) is 48.0 Å². The molecule has 0 aliphatic carbocycles. The number of amides is 1. The number of hydrogen-bond donors (Lipinski definition) is 1. The molecule has 4 aromatic rings. The van der Waals surface area contributed by atoms with Crippen molar-refractivity contribution in [1.29, 1.82) is 0 Å². The molecule has 2 N–H and O–H groups in total. The number of primary amides is 1. The van der Waals surface area contributed by atoms with Crippen LogP contribution in [-0.2, 0) is 12.7 Å². The summed E-state index contributed by atoms with van der Waals surface area (Å²) in [6, 6.07) is 14.3. The van der Waals surface area contributed by atoms with Crippen LogP contribution in [0.15, 0.2) is 48.5 Å². The van der Waals surface area contributed by atoms with Crippen molar-refractivity contribution in [1.82, 2.24) is 4.57 Å². The fourth-order valence-corrected chi connectivity index (χ4v) is 3.56. The van der Waals surface area contributed by atoms with Crippen molar-refractivity contribution in [3.05, 3.63) is 82.7 Å². The number of nitrogens with zero attached hydrogens (tertiary/aromatic N) is 1. The summed E-state index contributed by atoms with van der Waals surface area (Å²) in [6.45, 7) is 1.86. The van der Waals surface area contributed by atoms with E-state index in [0.29, 0.717) is 33.4 Å². The standard InChI is InChI=1S/C22H15F4N2O/c1-12-5-8-15-19(9-12)28(18-4-2-3-16(20(15)18)21(27)29)11-13-6-7-14(10-17(13)23)22(24,25)26/h2-7,9-10H,11H2,1H3,(H2,27,29). The van der Waals surface area contributed by atoms with Gasteiger partial charge in [-0.2, -0.15) is 13.2 Å². The molecule has 1 amide bonds. The zero-order valence-corrected chi connectivity index (χ0v) is 15.3. The molecule has 0 bridgehead atoms. The summed E-state index contributed by atoms with van der Waals surface area (Å²) >= 11 is 0. The van der Waals surface area contributed by atoms with E-state index in [-0.39, 0.29) is 12.1 Å². The Bertz CT molecular complexity index is 1270. The number of rotatable bonds is 3. The second kappa shape index (κ2) is 6.62. The highest BCUT2D eigenvalue weighted by atomic mass is 19.4. The number of halogens is 4. The van der Waals surface area contributed by atoms with Gasteiger partial charge in [-0.15, -0.1) is 0 Å². The molecule has 29 heavy (non-hydrogen) atoms. The molecule has 3 aromatic carbocycles. The van der Waals surface area contributed by atoms with E-state index in [4.69, 9.17) is 5.73 Å². The van der Waals surface area contributed by atoms with Crippen LogP contribution in [0.2, 0.25) is 0 Å². The molecule has 0 saturated heterocycles. The second-order valence-corrected chi connectivity index (χ2v) is 6.89. The molecule has 1 radical (unpaired) electrons. The van der Waals surface area contributed by atoms with Gasteiger partial charge in [0.25, 0.3) is 0 Å². The number of nitrogens with two attached hydrogens (primary N) is 1. The third kappa shape index (κ3) is 3.22. The molecule has 0 unspecified atom stereocenters. The van der Waals surface area contributed by atoms with E-state index in [2.05, 4.69) is 6.07 Å². The highest BCUT2D eigenvalue weighted by Gasteiger charge is 2.31. The van der Waals surface area contributed by atoms with Gasteiger partial charge in [0.15, 0.2) is 0 Å². The highest BCUT2D eigenvalue weighted by molar-refractivity contribution is 6.17. The van der Waals surface area contributed by atoms with Crippen LogP contribution in [0.25, 0.3) is 21.8 Å². The van der Waals surface area contributed by atoms with Gasteiger partial charge >= 0.3 is 6.18 Å². The molecule has 3 nitrogen and oxygen atoms in total. The summed E-state index contributed by atoms with van der Waals surface area (Å²) in [5.41, 5.74) is 7.09. The number of carbonyl (C=O) groups excluding carboxylic acids is 1. The van der Waals surface area contributed by atoms with Crippen LogP contribution in [0.1, 0.15) is 27.0 Å². The lowest BCUT2D eigenvalue weighted by Crippen LogP contribution is -2.11. The number of alkyl halides is 3. The number of hydrogen-bond acceptors (Lipinski definition) is 1. The quantitative estimate of drug-likeness (QED) is 0.473. The van der Waals surface area contributed by atoms with Gasteiger partial charge in [-0.3, -0.25) is 4.79 Å². The molecule has 1 heterocycles. The number of aromatic nitrogens is 1. The van der Waals surface area contributed by atoms with Crippen molar-refractivity contribution >= 4 is 27.7 Å². The van der Waals surface area contributed by atoms with Crippen molar-refractivity contribution in [2.24, 2.45) is 5.73 Å². The minimum absolute atomic E-state index is 0.0104. The maximum Gasteiger partial charge on any atom is 0.416 e. The third-order valence-electron chi connectivity index (χ3n) is 4.91. The molecule has 147 valence electrons. The minimum atomic E-state index is -4.62. The van der Waals surface area contributed by atoms with E-state index in [9.17, 15) is 22.4 Å². The summed E-state index contributed by atoms with van der Waals surface area (Å²) < 4.78 is 54.7. The first-order valence-electron chi connectivity index (χ1n) is 8.75. The van der Waals surface area contributed by atoms with Crippen molar-refractivity contribution in [3.8, 4) is 0 Å². The van der Waals surface area contributed by atoms with Gasteiger partial charge in [-0.05, 0) is 48.9 Å². The first-order valence-corrected chi connectivity index (χ1v) is 8.75. The average Bonchev–Trinajstić information content (AvgIpc) is 2.95. The predicted octanol–water partition coefficient (Wildman–Crippen LogP) is 5.21. The zero-order chi connectivity index (χ0) is 20.9. The molecule has 0 aliphatic rings. The van der Waals surface area contributed by atoms with Gasteiger partial charge in [0.05, 0.1) is 23.1 Å². The van der Waals surface area contributed by atoms with Crippen LogP contribution < -0.4 is 5.73 Å². The van der Waals surface area contributed by atoms with Crippen LogP contribution in [-0.4, -0.2) is 10.5 Å². The predicted molar refractivity (Wildman–Crippen MR) is 102 cm³/mol. The van der Waals surface area contributed by atoms with Crippen molar-refractivity contribution in [3.63, 3.8) is 0 Å². The van der Waals surface area contributed by atoms with Crippen molar-refractivity contribution in [2.75, 3.05) is 0 Å². The highest BCUT2D eigenvalue weighted by Crippen LogP contribution is 2.34. The fourth-order valence-electron chi connectivity index (χ4n) is 3.56. The Balaban J connectivity index is 1.95. The summed E-state index contributed by atoms with van der Waals surface area (Å²) in [5, 5.41) is 1.23. The molecule has 4 rings (SSSR count). The molecule has 1 aromatic heterocycles. The zero-order valence-electron chi connectivity index (χ0n) is 15.3. The Morgan fingerprint density at radius 2 is 1.90 bits per heavy atom. The Hall–Kier alpha value is -3.35. The SMILES string of the molecule is Cc1c[c]c2c3c(C(N)=O)cccc3n(Cc3ccc(C(F)(F)F)cc3F)c2c1. The maximum atomic E-state index is 14.5. The van der Waals surface area contributed by atoms with E-state index in [1.807, 2.05) is 13.0 Å². The summed E-state index contributed by atoms with van der Waals surface area (Å²) in [5.74, 6) is -1.55. The van der Waals surface area contributed by atoms with E-state index in [0.717, 1.165) is 17.7 Å². The third-order valence-corrected chi connectivity index (χ3v) is 4.91. The van der Waals surface area contributed by atoms with Gasteiger partial charge in [-0.25, -0.2) is 4.39 Å². The molecule has 0 atom stereocenters. The number of carbonyl (C=O) groups is 1. The number of aryl methyl sites for hydroxylation is 1. The van der Waals surface area contributed by atoms with E-state index < -0.39 is 23.5 Å². The van der Waals surface area contributed by atoms with Gasteiger partial charge in [0.2, 0.25) is 5.91 Å². The fraction of sp³-hybridized carbons (Fsp3) is 0.136. The van der Waals surface area contributed by atoms with Crippen LogP contribution in [0, 0.1) is 18.8 Å². The van der Waals surface area contributed by atoms with E-state index >= 15 is 0 Å². The Kier molecular flexibility index (Phi) is 4.33. The Morgan fingerprint density at radius 1 is 1.14 bits per heavy atom. The van der Waals surface area contributed by atoms with E-state index in [1.54, 1.807) is 28.8 Å². The van der Waals surface area contributed by atoms with Gasteiger partial charge in [0.1, 0.15) is 5.82 Å². The average molecular weight is 399 g/mol. The van der Waals surface area contributed by atoms with Crippen LogP contribution in [0.3, 0.4) is 0 Å². The Labute approximate surface area is 163 Å². The lowest BCUT2D eigenvalue weighted by Gasteiger charge is -2.12. The Morgan fingerprint density at radius 3 is 2.55 bits per heavy atom. The first-order chi connectivity index (χ1) is 13.7. The van der Waals surface area contributed by atoms with Crippen LogP contribution in [0.5, 0.6) is 0 Å². The molecule has 7 heteroatoms. The monoisotopic (exact) mass is 399 g/mol.